The number of carbonyl (C=O) groups is 2. The molecule has 218 valence electrons. The Morgan fingerprint density at radius 3 is 2.45 bits per heavy atom. The molecule has 0 aliphatic rings. The number of imidazole rings is 1. The maximum atomic E-state index is 13.7. The van der Waals surface area contributed by atoms with E-state index in [0.717, 1.165) is 17.5 Å². The first kappa shape index (κ1) is 30.5. The van der Waals surface area contributed by atoms with Crippen LogP contribution >= 0.6 is 11.6 Å². The summed E-state index contributed by atoms with van der Waals surface area (Å²) >= 11 is 6.19. The van der Waals surface area contributed by atoms with Gasteiger partial charge in [0, 0.05) is 60.3 Å². The van der Waals surface area contributed by atoms with E-state index >= 15 is 0 Å². The first-order valence-corrected chi connectivity index (χ1v) is 14.2. The highest BCUT2D eigenvalue weighted by molar-refractivity contribution is 6.30. The summed E-state index contributed by atoms with van der Waals surface area (Å²) in [5, 5.41) is 14.6. The van der Waals surface area contributed by atoms with Crippen molar-refractivity contribution in [2.45, 2.75) is 45.8 Å². The van der Waals surface area contributed by atoms with Crippen molar-refractivity contribution in [2.24, 2.45) is 5.92 Å². The molecule has 0 saturated carbocycles. The summed E-state index contributed by atoms with van der Waals surface area (Å²) in [5.74, 6) is -0.241. The fraction of sp³-hybridized carbons (Fsp3) is 0.281. The molecule has 0 unspecified atom stereocenters. The molecular formula is C32H34ClN5O4. The summed E-state index contributed by atoms with van der Waals surface area (Å²) in [5.41, 5.74) is 3.06. The molecule has 0 spiro atoms. The number of nitro benzene ring substituents is 1. The quantitative estimate of drug-likeness (QED) is 0.154. The van der Waals surface area contributed by atoms with E-state index in [0.29, 0.717) is 35.9 Å². The van der Waals surface area contributed by atoms with E-state index in [2.05, 4.69) is 24.1 Å². The Balaban J connectivity index is 1.49. The van der Waals surface area contributed by atoms with Crippen LogP contribution in [-0.4, -0.2) is 43.8 Å². The normalized spacial score (nSPS) is 12.4. The standard InChI is InChI=1S/C32H34ClN5O4/c1-3-23(2)30(21-36(19-24-8-5-4-6-9-24)32(40)26-10-7-11-27(33)16-26)35-31(39)17-29-18-34-22-37(29)20-25-12-14-28(15-13-25)38(41)42/h4-16,18,22-23,30H,3,17,19-21H2,1-2H3,(H,35,39)/t23-,30+/m0/s1. The fourth-order valence-electron chi connectivity index (χ4n) is 4.70. The number of non-ortho nitro benzene ring substituents is 1. The molecule has 1 N–H and O–H groups in total. The highest BCUT2D eigenvalue weighted by Gasteiger charge is 2.26. The van der Waals surface area contributed by atoms with E-state index in [4.69, 9.17) is 11.6 Å². The zero-order valence-electron chi connectivity index (χ0n) is 23.7. The van der Waals surface area contributed by atoms with Gasteiger partial charge in [-0.25, -0.2) is 4.98 Å². The number of hydrogen-bond acceptors (Lipinski definition) is 5. The van der Waals surface area contributed by atoms with E-state index in [1.54, 1.807) is 53.8 Å². The van der Waals surface area contributed by atoms with Gasteiger partial charge in [0.05, 0.1) is 17.7 Å². The Hall–Kier alpha value is -4.50. The first-order chi connectivity index (χ1) is 20.2. The second kappa shape index (κ2) is 14.4. The van der Waals surface area contributed by atoms with Gasteiger partial charge in [-0.1, -0.05) is 80.4 Å². The summed E-state index contributed by atoms with van der Waals surface area (Å²) in [6.45, 7) is 5.26. The molecule has 1 aromatic heterocycles. The van der Waals surface area contributed by atoms with E-state index in [-0.39, 0.29) is 35.9 Å². The molecule has 2 atom stereocenters. The van der Waals surface area contributed by atoms with Crippen LogP contribution in [0.5, 0.6) is 0 Å². The monoisotopic (exact) mass is 587 g/mol. The Labute approximate surface area is 250 Å². The zero-order chi connectivity index (χ0) is 30.1. The van der Waals surface area contributed by atoms with Gasteiger partial charge in [-0.05, 0) is 35.2 Å². The summed E-state index contributed by atoms with van der Waals surface area (Å²) in [7, 11) is 0. The molecule has 10 heteroatoms. The number of hydrogen-bond donors (Lipinski definition) is 1. The van der Waals surface area contributed by atoms with Gasteiger partial charge in [-0.2, -0.15) is 0 Å². The number of aromatic nitrogens is 2. The predicted molar refractivity (Wildman–Crippen MR) is 162 cm³/mol. The van der Waals surface area contributed by atoms with Crippen LogP contribution in [0.15, 0.2) is 91.4 Å². The van der Waals surface area contributed by atoms with Crippen LogP contribution in [0.2, 0.25) is 5.02 Å². The van der Waals surface area contributed by atoms with Crippen molar-refractivity contribution >= 4 is 29.1 Å². The van der Waals surface area contributed by atoms with Crippen LogP contribution in [0.1, 0.15) is 47.4 Å². The lowest BCUT2D eigenvalue weighted by atomic mass is 9.97. The molecule has 4 rings (SSSR count). The van der Waals surface area contributed by atoms with Crippen LogP contribution in [0.4, 0.5) is 5.69 Å². The highest BCUT2D eigenvalue weighted by Crippen LogP contribution is 2.19. The minimum atomic E-state index is -0.436. The van der Waals surface area contributed by atoms with E-state index in [9.17, 15) is 19.7 Å². The highest BCUT2D eigenvalue weighted by atomic mass is 35.5. The molecule has 4 aromatic rings. The van der Waals surface area contributed by atoms with Crippen molar-refractivity contribution in [3.8, 4) is 0 Å². The smallest absolute Gasteiger partial charge is 0.269 e. The lowest BCUT2D eigenvalue weighted by Gasteiger charge is -2.32. The summed E-state index contributed by atoms with van der Waals surface area (Å²) in [6.07, 6.45) is 4.20. The number of halogens is 1. The number of nitro groups is 1. The van der Waals surface area contributed by atoms with Crippen molar-refractivity contribution in [3.05, 3.63) is 129 Å². The summed E-state index contributed by atoms with van der Waals surface area (Å²) in [6, 6.07) is 22.7. The van der Waals surface area contributed by atoms with Crippen LogP contribution in [0.3, 0.4) is 0 Å². The topological polar surface area (TPSA) is 110 Å². The van der Waals surface area contributed by atoms with Crippen LogP contribution in [0.25, 0.3) is 0 Å². The molecule has 3 aromatic carbocycles. The van der Waals surface area contributed by atoms with Crippen molar-refractivity contribution < 1.29 is 14.5 Å². The lowest BCUT2D eigenvalue weighted by molar-refractivity contribution is -0.384. The molecule has 0 aliphatic heterocycles. The number of nitrogens with one attached hydrogen (secondary N) is 1. The Morgan fingerprint density at radius 2 is 1.79 bits per heavy atom. The summed E-state index contributed by atoms with van der Waals surface area (Å²) in [4.78, 5) is 43.5. The average molecular weight is 588 g/mol. The van der Waals surface area contributed by atoms with Crippen molar-refractivity contribution in [1.29, 1.82) is 0 Å². The largest absolute Gasteiger partial charge is 0.351 e. The van der Waals surface area contributed by atoms with Gasteiger partial charge in [-0.15, -0.1) is 0 Å². The molecule has 0 radical (unpaired) electrons. The van der Waals surface area contributed by atoms with Crippen LogP contribution in [-0.2, 0) is 24.3 Å². The maximum Gasteiger partial charge on any atom is 0.269 e. The van der Waals surface area contributed by atoms with Crippen LogP contribution < -0.4 is 5.32 Å². The first-order valence-electron chi connectivity index (χ1n) is 13.8. The molecule has 42 heavy (non-hydrogen) atoms. The number of carbonyl (C=O) groups excluding carboxylic acids is 2. The number of amides is 2. The average Bonchev–Trinajstić information content (AvgIpc) is 3.42. The Kier molecular flexibility index (Phi) is 10.4. The third kappa shape index (κ3) is 8.27. The van der Waals surface area contributed by atoms with Gasteiger partial charge in [0.2, 0.25) is 5.91 Å². The van der Waals surface area contributed by atoms with Gasteiger partial charge in [0.15, 0.2) is 0 Å². The Bertz CT molecular complexity index is 1510. The second-order valence-electron chi connectivity index (χ2n) is 10.4. The molecule has 0 saturated heterocycles. The predicted octanol–water partition coefficient (Wildman–Crippen LogP) is 5.91. The van der Waals surface area contributed by atoms with Gasteiger partial charge in [0.25, 0.3) is 11.6 Å². The molecule has 0 aliphatic carbocycles. The van der Waals surface area contributed by atoms with E-state index in [1.807, 2.05) is 34.9 Å². The van der Waals surface area contributed by atoms with Gasteiger partial charge < -0.3 is 14.8 Å². The van der Waals surface area contributed by atoms with Crippen molar-refractivity contribution in [2.75, 3.05) is 6.54 Å². The van der Waals surface area contributed by atoms with Crippen LogP contribution in [0, 0.1) is 16.0 Å². The minimum absolute atomic E-state index is 0.0234. The van der Waals surface area contributed by atoms with Crippen molar-refractivity contribution in [3.63, 3.8) is 0 Å². The fourth-order valence-corrected chi connectivity index (χ4v) is 4.89. The summed E-state index contributed by atoms with van der Waals surface area (Å²) < 4.78 is 1.85. The van der Waals surface area contributed by atoms with Crippen molar-refractivity contribution in [1.82, 2.24) is 19.8 Å². The van der Waals surface area contributed by atoms with Gasteiger partial charge in [0.1, 0.15) is 0 Å². The number of benzene rings is 3. The molecular weight excluding hydrogens is 554 g/mol. The molecule has 0 fully saturated rings. The third-order valence-corrected chi connectivity index (χ3v) is 7.54. The maximum absolute atomic E-state index is 13.7. The Morgan fingerprint density at radius 1 is 1.05 bits per heavy atom. The second-order valence-corrected chi connectivity index (χ2v) is 10.8. The zero-order valence-corrected chi connectivity index (χ0v) is 24.4. The molecule has 2 amide bonds. The SMILES string of the molecule is CC[C@H](C)[C@@H](CN(Cc1ccccc1)C(=O)c1cccc(Cl)c1)NC(=O)Cc1cncn1Cc1ccc([N+](=O)[O-])cc1. The van der Waals surface area contributed by atoms with Gasteiger partial charge >= 0.3 is 0 Å². The number of nitrogens with zero attached hydrogens (tertiary/aromatic N) is 4. The van der Waals surface area contributed by atoms with Gasteiger partial charge in [-0.3, -0.25) is 19.7 Å². The number of rotatable bonds is 13. The minimum Gasteiger partial charge on any atom is -0.351 e. The molecule has 9 nitrogen and oxygen atoms in total. The molecule has 0 bridgehead atoms. The van der Waals surface area contributed by atoms with E-state index < -0.39 is 4.92 Å². The molecule has 1 heterocycles. The van der Waals surface area contributed by atoms with E-state index in [1.165, 1.54) is 12.1 Å². The lowest BCUT2D eigenvalue weighted by Crippen LogP contribution is -2.49. The third-order valence-electron chi connectivity index (χ3n) is 7.31.